The maximum atomic E-state index is 5.43. The smallest absolute Gasteiger partial charge is 0.225 e. The average molecular weight is 213 g/mol. The van der Waals surface area contributed by atoms with E-state index in [0.29, 0.717) is 18.7 Å². The van der Waals surface area contributed by atoms with Crippen LogP contribution >= 0.6 is 0 Å². The number of hydrogen-bond acceptors (Lipinski definition) is 7. The number of aryl methyl sites for hydroxylation is 1. The number of ether oxygens (including phenoxy) is 2. The third-order valence-corrected chi connectivity index (χ3v) is 1.85. The van der Waals surface area contributed by atoms with Crippen molar-refractivity contribution in [2.24, 2.45) is 0 Å². The maximum Gasteiger partial charge on any atom is 0.225 e. The topological polar surface area (TPSA) is 109 Å². The van der Waals surface area contributed by atoms with Crippen LogP contribution in [0.25, 0.3) is 0 Å². The number of anilines is 2. The summed E-state index contributed by atoms with van der Waals surface area (Å²) in [7, 11) is 3.15. The lowest BCUT2D eigenvalue weighted by Crippen LogP contribution is -2.15. The Morgan fingerprint density at radius 2 is 1.60 bits per heavy atom. The number of methoxy groups -OCH3 is 2. The van der Waals surface area contributed by atoms with Gasteiger partial charge < -0.3 is 20.9 Å². The Hall–Kier alpha value is -1.47. The number of hydrogen-bond donors (Lipinski definition) is 2. The van der Waals surface area contributed by atoms with Gasteiger partial charge in [-0.3, -0.25) is 0 Å². The Morgan fingerprint density at radius 3 is 2.07 bits per heavy atom. The molecule has 0 saturated carbocycles. The molecule has 1 heterocycles. The van der Waals surface area contributed by atoms with Crippen molar-refractivity contribution < 1.29 is 9.47 Å². The molecule has 0 spiro atoms. The molecule has 0 saturated heterocycles. The van der Waals surface area contributed by atoms with E-state index in [1.165, 1.54) is 0 Å². The lowest BCUT2D eigenvalue weighted by atomic mass is 10.3. The second-order valence-electron chi connectivity index (χ2n) is 2.91. The fourth-order valence-electron chi connectivity index (χ4n) is 1.15. The van der Waals surface area contributed by atoms with Gasteiger partial charge in [-0.1, -0.05) is 0 Å². The van der Waals surface area contributed by atoms with Gasteiger partial charge in [0.15, 0.2) is 6.29 Å². The molecule has 15 heavy (non-hydrogen) atoms. The van der Waals surface area contributed by atoms with Crippen LogP contribution in [0.5, 0.6) is 0 Å². The van der Waals surface area contributed by atoms with Gasteiger partial charge >= 0.3 is 0 Å². The molecule has 7 nitrogen and oxygen atoms in total. The quantitative estimate of drug-likeness (QED) is 0.639. The van der Waals surface area contributed by atoms with E-state index in [1.54, 1.807) is 14.2 Å². The summed E-state index contributed by atoms with van der Waals surface area (Å²) >= 11 is 0. The van der Waals surface area contributed by atoms with Crippen molar-refractivity contribution in [3.63, 3.8) is 0 Å². The summed E-state index contributed by atoms with van der Waals surface area (Å²) in [6, 6.07) is 0. The van der Waals surface area contributed by atoms with Gasteiger partial charge in [-0.05, 0) is 0 Å². The summed E-state index contributed by atoms with van der Waals surface area (Å²) in [5.41, 5.74) is 10.9. The first-order valence-electron chi connectivity index (χ1n) is 4.47. The molecule has 4 N–H and O–H groups in total. The summed E-state index contributed by atoms with van der Waals surface area (Å²) in [6.45, 7) is 0. The molecular formula is C8H15N5O2. The molecule has 7 heteroatoms. The van der Waals surface area contributed by atoms with Crippen LogP contribution in [0.1, 0.15) is 12.2 Å². The predicted octanol–water partition coefficient (Wildman–Crippen LogP) is -0.412. The van der Waals surface area contributed by atoms with E-state index < -0.39 is 0 Å². The zero-order valence-electron chi connectivity index (χ0n) is 8.80. The van der Waals surface area contributed by atoms with E-state index in [2.05, 4.69) is 15.0 Å². The van der Waals surface area contributed by atoms with Crippen molar-refractivity contribution in [1.29, 1.82) is 0 Å². The summed E-state index contributed by atoms with van der Waals surface area (Å²) in [5, 5.41) is 0. The van der Waals surface area contributed by atoms with Crippen molar-refractivity contribution in [3.8, 4) is 0 Å². The second kappa shape index (κ2) is 5.42. The molecule has 0 amide bonds. The molecule has 0 radical (unpaired) electrons. The summed E-state index contributed by atoms with van der Waals surface area (Å²) in [6.07, 6.45) is 0.934. The molecule has 1 aromatic heterocycles. The van der Waals surface area contributed by atoms with Gasteiger partial charge in [0, 0.05) is 27.1 Å². The standard InChI is InChI=1S/C8H15N5O2/c1-14-6(15-2)4-3-5-11-7(9)13-8(10)12-5/h6H,3-4H2,1-2H3,(H4,9,10,11,12,13). The second-order valence-corrected chi connectivity index (χ2v) is 2.91. The van der Waals surface area contributed by atoms with Crippen LogP contribution in [-0.4, -0.2) is 35.5 Å². The Morgan fingerprint density at radius 1 is 1.07 bits per heavy atom. The number of nitrogens with two attached hydrogens (primary N) is 2. The van der Waals surface area contributed by atoms with Gasteiger partial charge in [0.1, 0.15) is 5.82 Å². The van der Waals surface area contributed by atoms with Crippen molar-refractivity contribution in [1.82, 2.24) is 15.0 Å². The number of nitrogens with zero attached hydrogens (tertiary/aromatic N) is 3. The van der Waals surface area contributed by atoms with Crippen molar-refractivity contribution in [3.05, 3.63) is 5.82 Å². The van der Waals surface area contributed by atoms with E-state index in [-0.39, 0.29) is 18.2 Å². The van der Waals surface area contributed by atoms with Gasteiger partial charge in [-0.15, -0.1) is 0 Å². The Balaban J connectivity index is 2.57. The number of nitrogen functional groups attached to an aromatic ring is 2. The first-order valence-corrected chi connectivity index (χ1v) is 4.47. The maximum absolute atomic E-state index is 5.43. The van der Waals surface area contributed by atoms with Crippen LogP contribution in [0.2, 0.25) is 0 Å². The van der Waals surface area contributed by atoms with Crippen LogP contribution < -0.4 is 11.5 Å². The SMILES string of the molecule is COC(CCc1nc(N)nc(N)n1)OC. The Bertz CT molecular complexity index is 296. The largest absolute Gasteiger partial charge is 0.368 e. The van der Waals surface area contributed by atoms with Crippen LogP contribution in [-0.2, 0) is 15.9 Å². The van der Waals surface area contributed by atoms with E-state index in [4.69, 9.17) is 20.9 Å². The third-order valence-electron chi connectivity index (χ3n) is 1.85. The minimum Gasteiger partial charge on any atom is -0.368 e. The lowest BCUT2D eigenvalue weighted by Gasteiger charge is -2.12. The molecule has 0 aliphatic rings. The van der Waals surface area contributed by atoms with Gasteiger partial charge in [-0.25, -0.2) is 0 Å². The normalized spacial score (nSPS) is 10.9. The molecule has 84 valence electrons. The van der Waals surface area contributed by atoms with Crippen LogP contribution in [0, 0.1) is 0 Å². The minimum atomic E-state index is -0.274. The van der Waals surface area contributed by atoms with Gasteiger partial charge in [0.2, 0.25) is 11.9 Å². The molecule has 0 aliphatic carbocycles. The third kappa shape index (κ3) is 3.64. The van der Waals surface area contributed by atoms with Crippen molar-refractivity contribution in [2.45, 2.75) is 19.1 Å². The average Bonchev–Trinajstić information content (AvgIpc) is 2.18. The first kappa shape index (κ1) is 11.6. The number of rotatable bonds is 5. The Kier molecular flexibility index (Phi) is 4.19. The highest BCUT2D eigenvalue weighted by Crippen LogP contribution is 2.05. The molecule has 0 unspecified atom stereocenters. The first-order chi connectivity index (χ1) is 7.15. The highest BCUT2D eigenvalue weighted by atomic mass is 16.7. The molecular weight excluding hydrogens is 198 g/mol. The zero-order valence-corrected chi connectivity index (χ0v) is 8.80. The molecule has 0 bridgehead atoms. The molecule has 0 aliphatic heterocycles. The van der Waals surface area contributed by atoms with E-state index >= 15 is 0 Å². The van der Waals surface area contributed by atoms with Crippen molar-refractivity contribution >= 4 is 11.9 Å². The zero-order chi connectivity index (χ0) is 11.3. The summed E-state index contributed by atoms with van der Waals surface area (Å²) in [4.78, 5) is 11.6. The van der Waals surface area contributed by atoms with Gasteiger partial charge in [0.05, 0.1) is 0 Å². The lowest BCUT2D eigenvalue weighted by molar-refractivity contribution is -0.106. The summed E-state index contributed by atoms with van der Waals surface area (Å²) < 4.78 is 10.1. The molecule has 0 atom stereocenters. The molecule has 1 rings (SSSR count). The van der Waals surface area contributed by atoms with Crippen LogP contribution in [0.15, 0.2) is 0 Å². The summed E-state index contributed by atoms with van der Waals surface area (Å²) in [5.74, 6) is 0.798. The van der Waals surface area contributed by atoms with E-state index in [0.717, 1.165) is 0 Å². The van der Waals surface area contributed by atoms with Crippen LogP contribution in [0.4, 0.5) is 11.9 Å². The highest BCUT2D eigenvalue weighted by Gasteiger charge is 2.08. The monoisotopic (exact) mass is 213 g/mol. The van der Waals surface area contributed by atoms with Crippen LogP contribution in [0.3, 0.4) is 0 Å². The fraction of sp³-hybridized carbons (Fsp3) is 0.625. The minimum absolute atomic E-state index is 0.129. The fourth-order valence-corrected chi connectivity index (χ4v) is 1.15. The number of aromatic nitrogens is 3. The van der Waals surface area contributed by atoms with Crippen molar-refractivity contribution in [2.75, 3.05) is 25.7 Å². The van der Waals surface area contributed by atoms with Gasteiger partial charge in [0.25, 0.3) is 0 Å². The van der Waals surface area contributed by atoms with E-state index in [9.17, 15) is 0 Å². The molecule has 0 aromatic carbocycles. The molecule has 1 aromatic rings. The molecule has 0 fully saturated rings. The highest BCUT2D eigenvalue weighted by molar-refractivity contribution is 5.25. The van der Waals surface area contributed by atoms with E-state index in [1.807, 2.05) is 0 Å². The Labute approximate surface area is 87.8 Å². The van der Waals surface area contributed by atoms with Gasteiger partial charge in [-0.2, -0.15) is 15.0 Å². The predicted molar refractivity (Wildman–Crippen MR) is 54.8 cm³/mol.